The van der Waals surface area contributed by atoms with Gasteiger partial charge in [-0.25, -0.2) is 19.6 Å². The predicted octanol–water partition coefficient (Wildman–Crippen LogP) is 2.21. The van der Waals surface area contributed by atoms with Gasteiger partial charge in [0.1, 0.15) is 23.3 Å². The highest BCUT2D eigenvalue weighted by Gasteiger charge is 2.30. The highest BCUT2D eigenvalue weighted by atomic mass is 16.6. The van der Waals surface area contributed by atoms with Crippen LogP contribution < -0.4 is 11.1 Å². The fourth-order valence-electron chi connectivity index (χ4n) is 4.24. The van der Waals surface area contributed by atoms with Crippen molar-refractivity contribution in [2.24, 2.45) is 5.73 Å². The molecule has 0 fully saturated rings. The van der Waals surface area contributed by atoms with Crippen molar-refractivity contribution >= 4 is 29.4 Å². The van der Waals surface area contributed by atoms with E-state index in [2.05, 4.69) is 15.3 Å². The van der Waals surface area contributed by atoms with Crippen LogP contribution in [0.5, 0.6) is 0 Å². The number of nitrogens with one attached hydrogen (secondary N) is 1. The summed E-state index contributed by atoms with van der Waals surface area (Å²) in [5.74, 6) is -3.24. The molecule has 11 nitrogen and oxygen atoms in total. The molecule has 1 atom stereocenters. The Bertz CT molecular complexity index is 1400. The van der Waals surface area contributed by atoms with E-state index in [4.69, 9.17) is 10.5 Å². The lowest BCUT2D eigenvalue weighted by atomic mass is 9.97. The number of primary amides is 1. The molecule has 2 heterocycles. The molecule has 0 aliphatic heterocycles. The van der Waals surface area contributed by atoms with E-state index in [1.807, 2.05) is 6.92 Å². The molecular weight excluding hydrogens is 454 g/mol. The zero-order valence-corrected chi connectivity index (χ0v) is 19.7. The van der Waals surface area contributed by atoms with Gasteiger partial charge < -0.3 is 20.9 Å². The molecule has 11 heteroatoms. The number of carboxylic acid groups (broad SMARTS) is 1. The van der Waals surface area contributed by atoms with E-state index in [-0.39, 0.29) is 28.8 Å². The second-order valence-electron chi connectivity index (χ2n) is 9.36. The van der Waals surface area contributed by atoms with Crippen LogP contribution in [0.15, 0.2) is 24.5 Å². The van der Waals surface area contributed by atoms with E-state index < -0.39 is 29.4 Å². The maximum absolute atomic E-state index is 13.1. The maximum atomic E-state index is 13.1. The van der Waals surface area contributed by atoms with Gasteiger partial charge in [0.15, 0.2) is 11.3 Å². The third kappa shape index (κ3) is 4.44. The number of amides is 2. The number of aromatic carboxylic acids is 1. The summed E-state index contributed by atoms with van der Waals surface area (Å²) in [6, 6.07) is 4.23. The molecule has 3 aromatic rings. The second kappa shape index (κ2) is 8.49. The Morgan fingerprint density at radius 1 is 1.23 bits per heavy atom. The van der Waals surface area contributed by atoms with Crippen molar-refractivity contribution in [2.75, 3.05) is 0 Å². The summed E-state index contributed by atoms with van der Waals surface area (Å²) >= 11 is 0. The SMILES string of the molecule is Cc1c(C(=O)OC(C)(C)C)ccc2c1CC[C@@H]2NC(=O)c1cc(C(=O)O)n2cnc(C(N)=O)c2n1. The van der Waals surface area contributed by atoms with E-state index in [1.165, 1.54) is 0 Å². The molecule has 2 amide bonds. The summed E-state index contributed by atoms with van der Waals surface area (Å²) in [5, 5.41) is 12.4. The number of carboxylic acids is 1. The third-order valence-electron chi connectivity index (χ3n) is 5.80. The minimum absolute atomic E-state index is 0.118. The number of carbonyl (C=O) groups is 4. The number of hydrogen-bond acceptors (Lipinski definition) is 7. The van der Waals surface area contributed by atoms with Gasteiger partial charge in [-0.1, -0.05) is 6.07 Å². The number of ether oxygens (including phenoxy) is 1. The molecule has 0 spiro atoms. The predicted molar refractivity (Wildman–Crippen MR) is 123 cm³/mol. The lowest BCUT2D eigenvalue weighted by molar-refractivity contribution is 0.00681. The van der Waals surface area contributed by atoms with E-state index >= 15 is 0 Å². The van der Waals surface area contributed by atoms with Crippen molar-refractivity contribution in [1.29, 1.82) is 0 Å². The number of esters is 1. The Balaban J connectivity index is 1.64. The largest absolute Gasteiger partial charge is 0.477 e. The van der Waals surface area contributed by atoms with Crippen LogP contribution in [-0.2, 0) is 11.2 Å². The molecule has 35 heavy (non-hydrogen) atoms. The number of carbonyl (C=O) groups excluding carboxylic acids is 3. The van der Waals surface area contributed by atoms with Gasteiger partial charge in [0.25, 0.3) is 11.8 Å². The first-order chi connectivity index (χ1) is 16.4. The highest BCUT2D eigenvalue weighted by molar-refractivity contribution is 6.00. The average Bonchev–Trinajstić information content (AvgIpc) is 3.36. The minimum Gasteiger partial charge on any atom is -0.477 e. The van der Waals surface area contributed by atoms with E-state index in [0.29, 0.717) is 18.4 Å². The van der Waals surface area contributed by atoms with Gasteiger partial charge in [-0.05, 0) is 63.3 Å². The van der Waals surface area contributed by atoms with Crippen LogP contribution in [0.2, 0.25) is 0 Å². The molecule has 0 bridgehead atoms. The Labute approximate surface area is 200 Å². The van der Waals surface area contributed by atoms with Gasteiger partial charge in [0.05, 0.1) is 11.6 Å². The average molecular weight is 479 g/mol. The standard InChI is InChI=1S/C24H25N5O6/c1-11-12-7-8-15(14(12)6-5-13(11)23(34)35-24(2,3)4)28-21(31)16-9-17(22(32)33)29-10-26-18(19(25)30)20(29)27-16/h5-6,9-10,15H,7-8H2,1-4H3,(H2,25,30)(H,28,31)(H,32,33)/t15-/m0/s1. The van der Waals surface area contributed by atoms with Crippen LogP contribution in [0.3, 0.4) is 0 Å². The molecule has 1 aliphatic carbocycles. The first-order valence-electron chi connectivity index (χ1n) is 10.9. The summed E-state index contributed by atoms with van der Waals surface area (Å²) in [4.78, 5) is 57.0. The van der Waals surface area contributed by atoms with Gasteiger partial charge in [-0.2, -0.15) is 0 Å². The van der Waals surface area contributed by atoms with E-state index in [0.717, 1.165) is 33.5 Å². The molecular formula is C24H25N5O6. The number of fused-ring (bicyclic) bond motifs is 2. The molecule has 0 radical (unpaired) electrons. The molecule has 0 saturated carbocycles. The van der Waals surface area contributed by atoms with Crippen molar-refractivity contribution in [2.45, 2.75) is 52.2 Å². The molecule has 1 aromatic carbocycles. The number of nitrogens with two attached hydrogens (primary N) is 1. The summed E-state index contributed by atoms with van der Waals surface area (Å²) in [7, 11) is 0. The van der Waals surface area contributed by atoms with Crippen molar-refractivity contribution in [1.82, 2.24) is 19.7 Å². The quantitative estimate of drug-likeness (QED) is 0.468. The van der Waals surface area contributed by atoms with Gasteiger partial charge >= 0.3 is 11.9 Å². The number of nitrogens with zero attached hydrogens (tertiary/aromatic N) is 3. The first-order valence-corrected chi connectivity index (χ1v) is 10.9. The van der Waals surface area contributed by atoms with Crippen molar-refractivity contribution in [3.63, 3.8) is 0 Å². The fraction of sp³-hybridized carbons (Fsp3) is 0.333. The second-order valence-corrected chi connectivity index (χ2v) is 9.36. The normalized spacial score (nSPS) is 15.0. The van der Waals surface area contributed by atoms with Crippen molar-refractivity contribution < 1.29 is 29.0 Å². The molecule has 1 aliphatic rings. The lowest BCUT2D eigenvalue weighted by Gasteiger charge is -2.21. The van der Waals surface area contributed by atoms with Gasteiger partial charge in [-0.15, -0.1) is 0 Å². The van der Waals surface area contributed by atoms with Gasteiger partial charge in [0.2, 0.25) is 0 Å². The van der Waals surface area contributed by atoms with Crippen molar-refractivity contribution in [3.05, 3.63) is 63.9 Å². The van der Waals surface area contributed by atoms with Gasteiger partial charge in [-0.3, -0.25) is 14.0 Å². The molecule has 0 saturated heterocycles. The summed E-state index contributed by atoms with van der Waals surface area (Å²) < 4.78 is 6.58. The third-order valence-corrected chi connectivity index (χ3v) is 5.80. The van der Waals surface area contributed by atoms with Crippen LogP contribution in [0.1, 0.15) is 91.7 Å². The molecule has 4 rings (SSSR count). The number of hydrogen-bond donors (Lipinski definition) is 3. The Hall–Kier alpha value is -4.28. The van der Waals surface area contributed by atoms with Crippen LogP contribution in [-0.4, -0.2) is 48.8 Å². The zero-order chi connectivity index (χ0) is 25.7. The first kappa shape index (κ1) is 23.9. The summed E-state index contributed by atoms with van der Waals surface area (Å²) in [6.07, 6.45) is 2.35. The van der Waals surface area contributed by atoms with Gasteiger partial charge in [0, 0.05) is 6.07 Å². The number of imidazole rings is 1. The molecule has 182 valence electrons. The number of rotatable bonds is 5. The smallest absolute Gasteiger partial charge is 0.353 e. The Morgan fingerprint density at radius 3 is 2.57 bits per heavy atom. The summed E-state index contributed by atoms with van der Waals surface area (Å²) in [5.41, 5.74) is 6.96. The highest BCUT2D eigenvalue weighted by Crippen LogP contribution is 2.35. The summed E-state index contributed by atoms with van der Waals surface area (Å²) in [6.45, 7) is 7.26. The molecule has 2 aromatic heterocycles. The number of aromatic nitrogens is 3. The topological polar surface area (TPSA) is 166 Å². The Kier molecular flexibility index (Phi) is 5.79. The fourth-order valence-corrected chi connectivity index (χ4v) is 4.24. The van der Waals surface area contributed by atoms with Crippen LogP contribution in [0.4, 0.5) is 0 Å². The van der Waals surface area contributed by atoms with Crippen molar-refractivity contribution in [3.8, 4) is 0 Å². The van der Waals surface area contributed by atoms with E-state index in [1.54, 1.807) is 32.9 Å². The molecule has 0 unspecified atom stereocenters. The van der Waals surface area contributed by atoms with Crippen LogP contribution in [0.25, 0.3) is 5.65 Å². The van der Waals surface area contributed by atoms with E-state index in [9.17, 15) is 24.3 Å². The lowest BCUT2D eigenvalue weighted by Crippen LogP contribution is -2.29. The van der Waals surface area contributed by atoms with Crippen LogP contribution >= 0.6 is 0 Å². The minimum atomic E-state index is -1.32. The van der Waals surface area contributed by atoms with Crippen LogP contribution in [0, 0.1) is 6.92 Å². The monoisotopic (exact) mass is 479 g/mol. The number of benzene rings is 1. The maximum Gasteiger partial charge on any atom is 0.353 e. The Morgan fingerprint density at radius 2 is 1.94 bits per heavy atom. The molecule has 4 N–H and O–H groups in total. The zero-order valence-electron chi connectivity index (χ0n) is 19.7.